The van der Waals surface area contributed by atoms with Gasteiger partial charge in [0, 0.05) is 4.86 Å². The summed E-state index contributed by atoms with van der Waals surface area (Å²) in [6, 6.07) is 3.84. The van der Waals surface area contributed by atoms with Gasteiger partial charge in [-0.1, -0.05) is 10.5 Å². The molecule has 2 aliphatic rings. The quantitative estimate of drug-likeness (QED) is 0.725. The van der Waals surface area contributed by atoms with E-state index in [1.165, 1.54) is 0 Å². The summed E-state index contributed by atoms with van der Waals surface area (Å²) in [4.78, 5) is 9.49. The average Bonchev–Trinajstić information content (AvgIpc) is 2.87. The summed E-state index contributed by atoms with van der Waals surface area (Å²) in [5.74, 6) is 0. The van der Waals surface area contributed by atoms with E-state index in [9.17, 15) is 0 Å². The number of allylic oxidation sites excluding steroid dienone is 1. The van der Waals surface area contributed by atoms with Gasteiger partial charge in [-0.15, -0.1) is 0 Å². The summed E-state index contributed by atoms with van der Waals surface area (Å²) >= 11 is 0. The lowest BCUT2D eigenvalue weighted by Crippen LogP contribution is -2.22. The number of nitrogens with zero attached hydrogens (tertiary/aromatic N) is 2. The van der Waals surface area contributed by atoms with Gasteiger partial charge in [-0.2, -0.15) is 0 Å². The largest absolute Gasteiger partial charge is 0.458 e. The van der Waals surface area contributed by atoms with Crippen molar-refractivity contribution in [3.63, 3.8) is 0 Å². The van der Waals surface area contributed by atoms with E-state index in [2.05, 4.69) is 9.98 Å². The second kappa shape index (κ2) is 3.20. The molecule has 0 saturated carbocycles. The Morgan fingerprint density at radius 3 is 3.20 bits per heavy atom. The molecule has 3 rings (SSSR count). The first-order chi connectivity index (χ1) is 7.36. The maximum absolute atomic E-state index is 5.90. The minimum Gasteiger partial charge on any atom is -0.458 e. The molecule has 0 fully saturated rings. The molecule has 0 amide bonds. The summed E-state index contributed by atoms with van der Waals surface area (Å²) in [6.45, 7) is 0.667. The van der Waals surface area contributed by atoms with Crippen LogP contribution in [-0.4, -0.2) is 23.5 Å². The fourth-order valence-electron chi connectivity index (χ4n) is 1.60. The molecule has 76 valence electrons. The number of nitrogens with two attached hydrogens (primary N) is 1. The molecule has 0 aliphatic carbocycles. The predicted molar refractivity (Wildman–Crippen MR) is 62.6 cm³/mol. The molecule has 1 aromatic rings. The first kappa shape index (κ1) is 8.67. The van der Waals surface area contributed by atoms with Crippen LogP contribution in [0, 0.1) is 0 Å². The predicted octanol–water partition coefficient (Wildman–Crippen LogP) is 1.38. The zero-order chi connectivity index (χ0) is 10.3. The average molecular weight is 219 g/mol. The zero-order valence-corrected chi connectivity index (χ0v) is 8.70. The number of aliphatic imine (C=N–C) groups is 2. The van der Waals surface area contributed by atoms with Crippen LogP contribution in [0.4, 0.5) is 0 Å². The lowest BCUT2D eigenvalue weighted by molar-refractivity contribution is 0.475. The van der Waals surface area contributed by atoms with Gasteiger partial charge in [0.05, 0.1) is 24.2 Å². The highest BCUT2D eigenvalue weighted by Gasteiger charge is 2.24. The Morgan fingerprint density at radius 2 is 2.40 bits per heavy atom. The summed E-state index contributed by atoms with van der Waals surface area (Å²) < 4.78 is 5.40. The Morgan fingerprint density at radius 1 is 1.47 bits per heavy atom. The van der Waals surface area contributed by atoms with E-state index >= 15 is 0 Å². The Bertz CT molecular complexity index is 523. The third kappa shape index (κ3) is 1.27. The minimum absolute atomic E-state index is 0.188. The maximum Gasteiger partial charge on any atom is 0.158 e. The molecule has 1 aromatic heterocycles. The molecular weight excluding hydrogens is 210 g/mol. The van der Waals surface area contributed by atoms with Gasteiger partial charge in [0.2, 0.25) is 0 Å². The molecule has 0 aromatic carbocycles. The molecule has 0 radical (unpaired) electrons. The lowest BCUT2D eigenvalue weighted by atomic mass is 10.2. The molecule has 1 unspecified atom stereocenters. The first-order valence-electron chi connectivity index (χ1n) is 4.53. The summed E-state index contributed by atoms with van der Waals surface area (Å²) in [5, 5.41) is 2.93. The van der Waals surface area contributed by atoms with Crippen molar-refractivity contribution in [3.8, 4) is 0 Å². The van der Waals surface area contributed by atoms with Gasteiger partial charge in [-0.05, 0) is 17.5 Å². The van der Waals surface area contributed by atoms with Crippen molar-refractivity contribution in [2.24, 2.45) is 15.7 Å². The van der Waals surface area contributed by atoms with Gasteiger partial charge in [-0.25, -0.2) is 4.99 Å². The van der Waals surface area contributed by atoms with Crippen LogP contribution in [-0.2, 0) is 0 Å². The van der Waals surface area contributed by atoms with E-state index in [4.69, 9.17) is 10.2 Å². The topological polar surface area (TPSA) is 63.9 Å². The highest BCUT2D eigenvalue weighted by molar-refractivity contribution is 8.20. The van der Waals surface area contributed by atoms with E-state index < -0.39 is 0 Å². The van der Waals surface area contributed by atoms with Gasteiger partial charge in [0.15, 0.2) is 5.09 Å². The highest BCUT2D eigenvalue weighted by Crippen LogP contribution is 2.36. The van der Waals surface area contributed by atoms with Crippen molar-refractivity contribution < 1.29 is 4.42 Å². The van der Waals surface area contributed by atoms with Crippen molar-refractivity contribution in [1.29, 1.82) is 0 Å². The zero-order valence-electron chi connectivity index (χ0n) is 7.88. The van der Waals surface area contributed by atoms with Crippen LogP contribution < -0.4 is 5.73 Å². The number of furan rings is 1. The third-order valence-electron chi connectivity index (χ3n) is 2.26. The number of hydrogen-bond acceptors (Lipinski definition) is 4. The molecule has 4 nitrogen and oxygen atoms in total. The van der Waals surface area contributed by atoms with Crippen LogP contribution in [0.1, 0.15) is 0 Å². The van der Waals surface area contributed by atoms with E-state index in [0.717, 1.165) is 21.4 Å². The van der Waals surface area contributed by atoms with Crippen LogP contribution in [0.15, 0.2) is 49.0 Å². The minimum atomic E-state index is -0.188. The van der Waals surface area contributed by atoms with Gasteiger partial charge < -0.3 is 10.2 Å². The number of hydrogen-bond donors (Lipinski definition) is 1. The summed E-state index contributed by atoms with van der Waals surface area (Å²) in [6.07, 6.45) is 3.24. The monoisotopic (exact) mass is 219 g/mol. The van der Waals surface area contributed by atoms with Gasteiger partial charge in [0.1, 0.15) is 6.34 Å². The molecule has 1 atom stereocenters. The van der Waals surface area contributed by atoms with E-state index in [0.29, 0.717) is 6.54 Å². The number of rotatable bonds is 1. The van der Waals surface area contributed by atoms with Crippen molar-refractivity contribution in [3.05, 3.63) is 29.5 Å². The Labute approximate surface area is 89.1 Å². The molecule has 5 heteroatoms. The SMILES string of the molecule is NC1=CS(c2ccco2)=C2CN=CN=C12. The fraction of sp³-hybridized carbons (Fsp3) is 0.100. The van der Waals surface area contributed by atoms with Gasteiger partial charge in [-0.3, -0.25) is 4.99 Å². The van der Waals surface area contributed by atoms with Crippen LogP contribution in [0.5, 0.6) is 0 Å². The van der Waals surface area contributed by atoms with Crippen LogP contribution in [0.25, 0.3) is 0 Å². The van der Waals surface area contributed by atoms with Gasteiger partial charge >= 0.3 is 0 Å². The van der Waals surface area contributed by atoms with Crippen molar-refractivity contribution in [2.75, 3.05) is 6.54 Å². The molecule has 0 bridgehead atoms. The molecular formula is C10H9N3OS. The van der Waals surface area contributed by atoms with Crippen LogP contribution >= 0.6 is 10.5 Å². The van der Waals surface area contributed by atoms with E-state index in [1.807, 2.05) is 17.5 Å². The Kier molecular flexibility index (Phi) is 1.85. The smallest absolute Gasteiger partial charge is 0.158 e. The molecule has 2 aliphatic heterocycles. The van der Waals surface area contributed by atoms with E-state index in [-0.39, 0.29) is 10.5 Å². The fourth-order valence-corrected chi connectivity index (χ4v) is 3.44. The molecule has 0 spiro atoms. The van der Waals surface area contributed by atoms with Crippen LogP contribution in [0.2, 0.25) is 0 Å². The molecule has 15 heavy (non-hydrogen) atoms. The van der Waals surface area contributed by atoms with Crippen molar-refractivity contribution in [1.82, 2.24) is 0 Å². The third-order valence-corrected chi connectivity index (χ3v) is 4.27. The first-order valence-corrected chi connectivity index (χ1v) is 5.81. The Balaban J connectivity index is 2.17. The van der Waals surface area contributed by atoms with Crippen molar-refractivity contribution in [2.45, 2.75) is 5.09 Å². The van der Waals surface area contributed by atoms with E-state index in [1.54, 1.807) is 12.6 Å². The highest BCUT2D eigenvalue weighted by atomic mass is 32.2. The molecule has 0 saturated heterocycles. The van der Waals surface area contributed by atoms with Gasteiger partial charge in [0.25, 0.3) is 0 Å². The Hall–Kier alpha value is -1.62. The summed E-state index contributed by atoms with van der Waals surface area (Å²) in [5.41, 5.74) is 7.51. The number of fused-ring (bicyclic) bond motifs is 1. The normalized spacial score (nSPS) is 23.7. The van der Waals surface area contributed by atoms with Crippen molar-refractivity contribution >= 4 is 27.4 Å². The molecule has 3 heterocycles. The standard InChI is InChI=1S/C10H9N3OS/c11-7-5-15(9-2-1-3-14-9)8-4-12-6-13-10(7)8/h1-3,5-6H,4,11H2. The summed E-state index contributed by atoms with van der Waals surface area (Å²) in [7, 11) is -0.188. The maximum atomic E-state index is 5.90. The lowest BCUT2D eigenvalue weighted by Gasteiger charge is -2.07. The second-order valence-corrected chi connectivity index (χ2v) is 5.01. The van der Waals surface area contributed by atoms with Crippen LogP contribution in [0.3, 0.4) is 0 Å². The second-order valence-electron chi connectivity index (χ2n) is 3.20. The molecule has 2 N–H and O–H groups in total.